The number of hydrogen-bond donors (Lipinski definition) is 2. The van der Waals surface area contributed by atoms with Crippen LogP contribution in [0.3, 0.4) is 0 Å². The molecule has 0 aromatic carbocycles. The van der Waals surface area contributed by atoms with Crippen LogP contribution in [0.1, 0.15) is 25.1 Å². The van der Waals surface area contributed by atoms with E-state index in [0.29, 0.717) is 6.42 Å². The van der Waals surface area contributed by atoms with Crippen molar-refractivity contribution in [2.24, 2.45) is 5.73 Å². The summed E-state index contributed by atoms with van der Waals surface area (Å²) in [5.74, 6) is -0.285. The summed E-state index contributed by atoms with van der Waals surface area (Å²) >= 11 is 1.59. The summed E-state index contributed by atoms with van der Waals surface area (Å²) in [7, 11) is 0. The van der Waals surface area contributed by atoms with Crippen molar-refractivity contribution in [3.8, 4) is 0 Å². The lowest BCUT2D eigenvalue weighted by Crippen LogP contribution is -2.42. The number of aromatic nitrogens is 1. The highest BCUT2D eigenvalue weighted by Gasteiger charge is 2.19. The van der Waals surface area contributed by atoms with E-state index in [9.17, 15) is 4.79 Å². The molecule has 78 valence electrons. The fourth-order valence-corrected chi connectivity index (χ4v) is 1.69. The fourth-order valence-electron chi connectivity index (χ4n) is 1.15. The van der Waals surface area contributed by atoms with E-state index in [1.807, 2.05) is 20.0 Å². The van der Waals surface area contributed by atoms with Crippen LogP contribution < -0.4 is 11.1 Å². The maximum absolute atomic E-state index is 10.7. The van der Waals surface area contributed by atoms with Gasteiger partial charge in [0.15, 0.2) is 0 Å². The quantitative estimate of drug-likeness (QED) is 0.763. The van der Waals surface area contributed by atoms with Crippen LogP contribution in [0, 0.1) is 0 Å². The summed E-state index contributed by atoms with van der Waals surface area (Å²) in [6, 6.07) is 0. The van der Waals surface area contributed by atoms with Gasteiger partial charge in [-0.1, -0.05) is 0 Å². The molecule has 0 unspecified atom stereocenters. The third-order valence-electron chi connectivity index (χ3n) is 1.84. The molecule has 0 aliphatic heterocycles. The average Bonchev–Trinajstić information content (AvgIpc) is 2.50. The molecule has 0 aliphatic carbocycles. The zero-order valence-electron chi connectivity index (χ0n) is 8.41. The number of hydrogen-bond acceptors (Lipinski definition) is 4. The van der Waals surface area contributed by atoms with Crippen LogP contribution in [0.15, 0.2) is 11.7 Å². The van der Waals surface area contributed by atoms with Gasteiger partial charge >= 0.3 is 0 Å². The molecule has 0 radical (unpaired) electrons. The SMILES string of the molecule is CC(C)(CC(N)=O)NCc1cncs1. The molecule has 1 heterocycles. The van der Waals surface area contributed by atoms with Crippen molar-refractivity contribution >= 4 is 17.2 Å². The molecule has 1 amide bonds. The molecule has 0 bridgehead atoms. The Morgan fingerprint density at radius 3 is 2.93 bits per heavy atom. The predicted octanol–water partition coefficient (Wildman–Crippen LogP) is 0.887. The van der Waals surface area contributed by atoms with Crippen molar-refractivity contribution in [3.05, 3.63) is 16.6 Å². The molecule has 1 rings (SSSR count). The van der Waals surface area contributed by atoms with Gasteiger partial charge in [-0.3, -0.25) is 9.78 Å². The van der Waals surface area contributed by atoms with Crippen LogP contribution in [0.4, 0.5) is 0 Å². The lowest BCUT2D eigenvalue weighted by Gasteiger charge is -2.24. The number of nitrogens with zero attached hydrogens (tertiary/aromatic N) is 1. The van der Waals surface area contributed by atoms with Gasteiger partial charge < -0.3 is 11.1 Å². The third-order valence-corrected chi connectivity index (χ3v) is 2.62. The van der Waals surface area contributed by atoms with E-state index in [0.717, 1.165) is 11.4 Å². The first-order chi connectivity index (χ1) is 6.49. The monoisotopic (exact) mass is 213 g/mol. The van der Waals surface area contributed by atoms with Crippen LogP contribution in [0.25, 0.3) is 0 Å². The van der Waals surface area contributed by atoms with E-state index in [2.05, 4.69) is 10.3 Å². The van der Waals surface area contributed by atoms with E-state index in [4.69, 9.17) is 5.73 Å². The number of rotatable bonds is 5. The van der Waals surface area contributed by atoms with Gasteiger partial charge in [0, 0.05) is 29.6 Å². The van der Waals surface area contributed by atoms with Crippen molar-refractivity contribution in [1.82, 2.24) is 10.3 Å². The van der Waals surface area contributed by atoms with E-state index < -0.39 is 0 Å². The van der Waals surface area contributed by atoms with Crippen molar-refractivity contribution < 1.29 is 4.79 Å². The summed E-state index contributed by atoms with van der Waals surface area (Å²) in [6.45, 7) is 4.64. The Morgan fingerprint density at radius 2 is 2.43 bits per heavy atom. The summed E-state index contributed by atoms with van der Waals surface area (Å²) in [5.41, 5.74) is 6.67. The van der Waals surface area contributed by atoms with E-state index in [1.54, 1.807) is 16.8 Å². The van der Waals surface area contributed by atoms with Crippen LogP contribution in [0.5, 0.6) is 0 Å². The maximum Gasteiger partial charge on any atom is 0.219 e. The van der Waals surface area contributed by atoms with E-state index in [-0.39, 0.29) is 11.4 Å². The highest BCUT2D eigenvalue weighted by molar-refractivity contribution is 7.09. The molecule has 14 heavy (non-hydrogen) atoms. The van der Waals surface area contributed by atoms with E-state index >= 15 is 0 Å². The molecule has 0 atom stereocenters. The topological polar surface area (TPSA) is 68.0 Å². The second-order valence-electron chi connectivity index (χ2n) is 3.85. The molecular weight excluding hydrogens is 198 g/mol. The van der Waals surface area contributed by atoms with Crippen molar-refractivity contribution in [2.45, 2.75) is 32.4 Å². The first kappa shape index (κ1) is 11.1. The van der Waals surface area contributed by atoms with Gasteiger partial charge in [-0.25, -0.2) is 0 Å². The summed E-state index contributed by atoms with van der Waals surface area (Å²) < 4.78 is 0. The molecule has 5 heteroatoms. The molecule has 0 saturated heterocycles. The standard InChI is InChI=1S/C9H15N3OS/c1-9(2,3-8(10)13)12-5-7-4-11-6-14-7/h4,6,12H,3,5H2,1-2H3,(H2,10,13). The predicted molar refractivity (Wildman–Crippen MR) is 56.8 cm³/mol. The van der Waals surface area contributed by atoms with Gasteiger partial charge in [-0.15, -0.1) is 11.3 Å². The number of nitrogens with two attached hydrogens (primary N) is 1. The second kappa shape index (κ2) is 4.52. The molecule has 0 spiro atoms. The first-order valence-corrected chi connectivity index (χ1v) is 5.28. The largest absolute Gasteiger partial charge is 0.370 e. The Kier molecular flexibility index (Phi) is 3.60. The smallest absolute Gasteiger partial charge is 0.219 e. The van der Waals surface area contributed by atoms with Crippen LogP contribution >= 0.6 is 11.3 Å². The van der Waals surface area contributed by atoms with E-state index in [1.165, 1.54) is 0 Å². The maximum atomic E-state index is 10.7. The van der Waals surface area contributed by atoms with Gasteiger partial charge in [-0.2, -0.15) is 0 Å². The molecule has 4 nitrogen and oxygen atoms in total. The minimum absolute atomic E-state index is 0.254. The minimum atomic E-state index is -0.285. The Balaban J connectivity index is 2.40. The number of carbonyl (C=O) groups excluding carboxylic acids is 1. The molecule has 1 aromatic rings. The van der Waals surface area contributed by atoms with Gasteiger partial charge in [0.1, 0.15) is 0 Å². The molecule has 1 aromatic heterocycles. The highest BCUT2D eigenvalue weighted by atomic mass is 32.1. The van der Waals surface area contributed by atoms with Gasteiger partial charge in [0.25, 0.3) is 0 Å². The Bertz CT molecular complexity index is 295. The number of primary amides is 1. The number of thiazole rings is 1. The zero-order valence-corrected chi connectivity index (χ0v) is 9.23. The highest BCUT2D eigenvalue weighted by Crippen LogP contribution is 2.11. The normalized spacial score (nSPS) is 11.6. The minimum Gasteiger partial charge on any atom is -0.370 e. The second-order valence-corrected chi connectivity index (χ2v) is 4.82. The van der Waals surface area contributed by atoms with Crippen molar-refractivity contribution in [1.29, 1.82) is 0 Å². The number of carbonyl (C=O) groups is 1. The molecule has 0 aliphatic rings. The van der Waals surface area contributed by atoms with Gasteiger partial charge in [0.2, 0.25) is 5.91 Å². The molecule has 0 fully saturated rings. The Hall–Kier alpha value is -0.940. The van der Waals surface area contributed by atoms with Crippen molar-refractivity contribution in [3.63, 3.8) is 0 Å². The fraction of sp³-hybridized carbons (Fsp3) is 0.556. The molecular formula is C9H15N3OS. The Labute approximate surface area is 87.5 Å². The molecule has 0 saturated carbocycles. The third kappa shape index (κ3) is 3.85. The zero-order chi connectivity index (χ0) is 10.6. The van der Waals surface area contributed by atoms with Crippen LogP contribution in [0.2, 0.25) is 0 Å². The lowest BCUT2D eigenvalue weighted by molar-refractivity contribution is -0.119. The van der Waals surface area contributed by atoms with Crippen molar-refractivity contribution in [2.75, 3.05) is 0 Å². The van der Waals surface area contributed by atoms with Crippen LogP contribution in [-0.4, -0.2) is 16.4 Å². The number of nitrogens with one attached hydrogen (secondary N) is 1. The van der Waals surface area contributed by atoms with Gasteiger partial charge in [0.05, 0.1) is 5.51 Å². The Morgan fingerprint density at radius 1 is 1.71 bits per heavy atom. The summed E-state index contributed by atoms with van der Waals surface area (Å²) in [6.07, 6.45) is 2.16. The first-order valence-electron chi connectivity index (χ1n) is 4.40. The van der Waals surface area contributed by atoms with Gasteiger partial charge in [-0.05, 0) is 13.8 Å². The average molecular weight is 213 g/mol. The number of amides is 1. The lowest BCUT2D eigenvalue weighted by atomic mass is 10.0. The molecule has 3 N–H and O–H groups in total. The summed E-state index contributed by atoms with van der Waals surface area (Å²) in [4.78, 5) is 15.9. The van der Waals surface area contributed by atoms with Crippen LogP contribution in [-0.2, 0) is 11.3 Å². The summed E-state index contributed by atoms with van der Waals surface area (Å²) in [5, 5.41) is 3.26.